The van der Waals surface area contributed by atoms with Crippen molar-refractivity contribution in [3.63, 3.8) is 0 Å². The lowest BCUT2D eigenvalue weighted by atomic mass is 9.97. The fourth-order valence-corrected chi connectivity index (χ4v) is 1.92. The van der Waals surface area contributed by atoms with Crippen molar-refractivity contribution in [3.05, 3.63) is 29.8 Å². The minimum absolute atomic E-state index is 0.00692. The minimum Gasteiger partial charge on any atom is -0.399 e. The van der Waals surface area contributed by atoms with E-state index in [2.05, 4.69) is 5.32 Å². The summed E-state index contributed by atoms with van der Waals surface area (Å²) in [5.41, 5.74) is 7.48. The van der Waals surface area contributed by atoms with Crippen LogP contribution in [0, 0.1) is 0 Å². The van der Waals surface area contributed by atoms with Crippen molar-refractivity contribution in [1.82, 2.24) is 5.32 Å². The van der Waals surface area contributed by atoms with Crippen LogP contribution in [0.15, 0.2) is 24.3 Å². The highest BCUT2D eigenvalue weighted by molar-refractivity contribution is 5.76. The van der Waals surface area contributed by atoms with Crippen LogP contribution in [0.3, 0.4) is 0 Å². The Balaban J connectivity index is 2.39. The van der Waals surface area contributed by atoms with Gasteiger partial charge in [0.2, 0.25) is 5.91 Å². The first-order chi connectivity index (χ1) is 9.56. The Bertz CT molecular complexity index is 406. The highest BCUT2D eigenvalue weighted by atomic mass is 16.5. The van der Waals surface area contributed by atoms with Crippen molar-refractivity contribution in [2.75, 3.05) is 33.1 Å². The maximum atomic E-state index is 11.9. The fourth-order valence-electron chi connectivity index (χ4n) is 1.92. The van der Waals surface area contributed by atoms with E-state index >= 15 is 0 Å². The van der Waals surface area contributed by atoms with E-state index in [1.54, 1.807) is 14.2 Å². The molecule has 20 heavy (non-hydrogen) atoms. The molecule has 1 aromatic carbocycles. The van der Waals surface area contributed by atoms with Gasteiger partial charge in [0, 0.05) is 32.9 Å². The van der Waals surface area contributed by atoms with Crippen molar-refractivity contribution in [3.8, 4) is 0 Å². The molecule has 0 bridgehead atoms. The van der Waals surface area contributed by atoms with E-state index in [0.717, 1.165) is 11.3 Å². The monoisotopic (exact) mass is 280 g/mol. The topological polar surface area (TPSA) is 73.6 Å². The first-order valence-electron chi connectivity index (χ1n) is 6.70. The van der Waals surface area contributed by atoms with Crippen LogP contribution in [-0.4, -0.2) is 39.4 Å². The van der Waals surface area contributed by atoms with E-state index < -0.39 is 0 Å². The molecule has 3 N–H and O–H groups in total. The molecule has 0 radical (unpaired) electrons. The van der Waals surface area contributed by atoms with Crippen LogP contribution in [0.2, 0.25) is 0 Å². The summed E-state index contributed by atoms with van der Waals surface area (Å²) in [5, 5.41) is 2.86. The molecule has 2 atom stereocenters. The van der Waals surface area contributed by atoms with E-state index in [9.17, 15) is 4.79 Å². The van der Waals surface area contributed by atoms with Crippen LogP contribution < -0.4 is 11.1 Å². The molecule has 5 heteroatoms. The molecular formula is C15H24N2O3. The molecule has 0 fully saturated rings. The normalized spacial score (nSPS) is 13.8. The van der Waals surface area contributed by atoms with Crippen LogP contribution in [0.1, 0.15) is 24.8 Å². The first-order valence-corrected chi connectivity index (χ1v) is 6.70. The van der Waals surface area contributed by atoms with Crippen LogP contribution in [0.4, 0.5) is 5.69 Å². The van der Waals surface area contributed by atoms with Gasteiger partial charge in [0.15, 0.2) is 0 Å². The summed E-state index contributed by atoms with van der Waals surface area (Å²) in [6.07, 6.45) is 0.323. The Morgan fingerprint density at radius 2 is 1.95 bits per heavy atom. The van der Waals surface area contributed by atoms with E-state index in [1.807, 2.05) is 31.2 Å². The molecule has 0 spiro atoms. The van der Waals surface area contributed by atoms with Crippen molar-refractivity contribution in [1.29, 1.82) is 0 Å². The molecule has 0 aliphatic carbocycles. The SMILES string of the molecule is COCC(CNC(=O)CC(C)c1ccc(N)cc1)OC. The third kappa shape index (κ3) is 5.59. The lowest BCUT2D eigenvalue weighted by Crippen LogP contribution is -2.36. The van der Waals surface area contributed by atoms with E-state index in [-0.39, 0.29) is 17.9 Å². The van der Waals surface area contributed by atoms with Crippen molar-refractivity contribution in [2.45, 2.75) is 25.4 Å². The molecule has 0 saturated heterocycles. The van der Waals surface area contributed by atoms with Crippen LogP contribution in [-0.2, 0) is 14.3 Å². The zero-order chi connectivity index (χ0) is 15.0. The molecule has 0 aromatic heterocycles. The number of carbonyl (C=O) groups excluding carboxylic acids is 1. The number of nitrogens with one attached hydrogen (secondary N) is 1. The van der Waals surface area contributed by atoms with E-state index in [1.165, 1.54) is 0 Å². The highest BCUT2D eigenvalue weighted by Crippen LogP contribution is 2.19. The third-order valence-electron chi connectivity index (χ3n) is 3.21. The molecule has 2 unspecified atom stereocenters. The average Bonchev–Trinajstić information content (AvgIpc) is 2.44. The predicted octanol–water partition coefficient (Wildman–Crippen LogP) is 1.54. The van der Waals surface area contributed by atoms with Gasteiger partial charge in [0.25, 0.3) is 0 Å². The lowest BCUT2D eigenvalue weighted by molar-refractivity contribution is -0.122. The summed E-state index contributed by atoms with van der Waals surface area (Å²) >= 11 is 0. The zero-order valence-corrected chi connectivity index (χ0v) is 12.4. The van der Waals surface area contributed by atoms with Crippen LogP contribution in [0.25, 0.3) is 0 Å². The standard InChI is InChI=1S/C15H24N2O3/c1-11(12-4-6-13(16)7-5-12)8-15(18)17-9-14(20-3)10-19-2/h4-7,11,14H,8-10,16H2,1-3H3,(H,17,18). The maximum Gasteiger partial charge on any atom is 0.220 e. The number of benzene rings is 1. The molecule has 112 valence electrons. The number of nitrogens with two attached hydrogens (primary N) is 1. The summed E-state index contributed by atoms with van der Waals surface area (Å²) in [6, 6.07) is 7.61. The highest BCUT2D eigenvalue weighted by Gasteiger charge is 2.13. The molecular weight excluding hydrogens is 256 g/mol. The number of hydrogen-bond donors (Lipinski definition) is 2. The summed E-state index contributed by atoms with van der Waals surface area (Å²) in [5.74, 6) is 0.159. The number of amides is 1. The molecule has 0 aliphatic rings. The molecule has 5 nitrogen and oxygen atoms in total. The van der Waals surface area contributed by atoms with E-state index in [0.29, 0.717) is 19.6 Å². The van der Waals surface area contributed by atoms with E-state index in [4.69, 9.17) is 15.2 Å². The Morgan fingerprint density at radius 1 is 1.30 bits per heavy atom. The number of ether oxygens (including phenoxy) is 2. The Kier molecular flexibility index (Phi) is 7.04. The Morgan fingerprint density at radius 3 is 2.50 bits per heavy atom. The second kappa shape index (κ2) is 8.55. The first kappa shape index (κ1) is 16.5. The van der Waals surface area contributed by atoms with Gasteiger partial charge in [-0.15, -0.1) is 0 Å². The van der Waals surface area contributed by atoms with Crippen molar-refractivity contribution >= 4 is 11.6 Å². The molecule has 0 aliphatic heterocycles. The van der Waals surface area contributed by atoms with Gasteiger partial charge in [0.1, 0.15) is 0 Å². The number of hydrogen-bond acceptors (Lipinski definition) is 4. The van der Waals surface area contributed by atoms with Crippen molar-refractivity contribution in [2.24, 2.45) is 0 Å². The number of anilines is 1. The largest absolute Gasteiger partial charge is 0.399 e. The third-order valence-corrected chi connectivity index (χ3v) is 3.21. The quantitative estimate of drug-likeness (QED) is 0.708. The number of methoxy groups -OCH3 is 2. The maximum absolute atomic E-state index is 11.9. The second-order valence-electron chi connectivity index (χ2n) is 4.89. The molecule has 1 aromatic rings. The van der Waals surface area contributed by atoms with Crippen LogP contribution >= 0.6 is 0 Å². The minimum atomic E-state index is -0.115. The van der Waals surface area contributed by atoms with Gasteiger partial charge in [0.05, 0.1) is 12.7 Å². The Hall–Kier alpha value is -1.59. The molecule has 1 rings (SSSR count). The van der Waals surface area contributed by atoms with Gasteiger partial charge in [-0.2, -0.15) is 0 Å². The smallest absolute Gasteiger partial charge is 0.220 e. The Labute approximate surface area is 120 Å². The number of nitrogen functional groups attached to an aromatic ring is 1. The van der Waals surface area contributed by atoms with Crippen molar-refractivity contribution < 1.29 is 14.3 Å². The molecule has 0 heterocycles. The second-order valence-corrected chi connectivity index (χ2v) is 4.89. The van der Waals surface area contributed by atoms with Gasteiger partial charge in [-0.1, -0.05) is 19.1 Å². The molecule has 0 saturated carbocycles. The number of rotatable bonds is 8. The van der Waals surface area contributed by atoms with Gasteiger partial charge >= 0.3 is 0 Å². The average molecular weight is 280 g/mol. The molecule has 1 amide bonds. The summed E-state index contributed by atoms with van der Waals surface area (Å²) in [4.78, 5) is 11.9. The zero-order valence-electron chi connectivity index (χ0n) is 12.4. The predicted molar refractivity (Wildman–Crippen MR) is 79.6 cm³/mol. The summed E-state index contributed by atoms with van der Waals surface area (Å²) in [6.45, 7) is 2.94. The lowest BCUT2D eigenvalue weighted by Gasteiger charge is -2.16. The van der Waals surface area contributed by atoms with Gasteiger partial charge in [-0.05, 0) is 23.6 Å². The van der Waals surface area contributed by atoms with Gasteiger partial charge in [-0.3, -0.25) is 4.79 Å². The summed E-state index contributed by atoms with van der Waals surface area (Å²) < 4.78 is 10.2. The van der Waals surface area contributed by atoms with Gasteiger partial charge < -0.3 is 20.5 Å². The summed E-state index contributed by atoms with van der Waals surface area (Å²) in [7, 11) is 3.21. The van der Waals surface area contributed by atoms with Crippen LogP contribution in [0.5, 0.6) is 0 Å². The van der Waals surface area contributed by atoms with Gasteiger partial charge in [-0.25, -0.2) is 0 Å². The number of carbonyl (C=O) groups is 1. The fraction of sp³-hybridized carbons (Fsp3) is 0.533.